The molecule has 1 aliphatic carbocycles. The first-order valence-corrected chi connectivity index (χ1v) is 8.03. The van der Waals surface area contributed by atoms with Gasteiger partial charge in [-0.15, -0.1) is 11.3 Å². The molecule has 0 radical (unpaired) electrons. The standard InChI is InChI=1S/C14H15BrN2O3S/c1-8-4-3-5-14(6-8,9(2)12(19)20)17-11(18)10-7-21-13(15)16-10/h3-5,7,9H,6H2,1-2H3,(H,17,18)(H,19,20). The average molecular weight is 371 g/mol. The fraction of sp³-hybridized carbons (Fsp3) is 0.357. The number of rotatable bonds is 4. The minimum atomic E-state index is -0.950. The van der Waals surface area contributed by atoms with Crippen LogP contribution in [0.15, 0.2) is 33.1 Å². The first-order valence-electron chi connectivity index (χ1n) is 6.35. The summed E-state index contributed by atoms with van der Waals surface area (Å²) >= 11 is 4.52. The topological polar surface area (TPSA) is 79.3 Å². The summed E-state index contributed by atoms with van der Waals surface area (Å²) in [7, 11) is 0. The molecule has 2 N–H and O–H groups in total. The highest BCUT2D eigenvalue weighted by Crippen LogP contribution is 2.31. The molecule has 112 valence electrons. The fourth-order valence-corrected chi connectivity index (χ4v) is 3.30. The third kappa shape index (κ3) is 3.41. The molecule has 1 aliphatic rings. The largest absolute Gasteiger partial charge is 0.481 e. The van der Waals surface area contributed by atoms with Crippen molar-refractivity contribution in [2.75, 3.05) is 0 Å². The van der Waals surface area contributed by atoms with E-state index in [1.165, 1.54) is 11.3 Å². The minimum Gasteiger partial charge on any atom is -0.481 e. The van der Waals surface area contributed by atoms with Crippen molar-refractivity contribution in [1.29, 1.82) is 0 Å². The zero-order valence-corrected chi connectivity index (χ0v) is 14.0. The summed E-state index contributed by atoms with van der Waals surface area (Å²) in [5.41, 5.74) is 0.368. The number of carboxylic acids is 1. The van der Waals surface area contributed by atoms with Crippen molar-refractivity contribution in [2.45, 2.75) is 25.8 Å². The molecule has 21 heavy (non-hydrogen) atoms. The Labute approximate surface area is 134 Å². The van der Waals surface area contributed by atoms with Gasteiger partial charge in [-0.3, -0.25) is 9.59 Å². The van der Waals surface area contributed by atoms with Crippen molar-refractivity contribution in [3.8, 4) is 0 Å². The Bertz CT molecular complexity index is 638. The van der Waals surface area contributed by atoms with Crippen LogP contribution in [0.3, 0.4) is 0 Å². The summed E-state index contributed by atoms with van der Waals surface area (Å²) in [6.07, 6.45) is 5.92. The van der Waals surface area contributed by atoms with Gasteiger partial charge >= 0.3 is 5.97 Å². The third-order valence-corrected chi connectivity index (χ3v) is 4.91. The van der Waals surface area contributed by atoms with Crippen LogP contribution in [0.2, 0.25) is 0 Å². The molecule has 0 bridgehead atoms. The summed E-state index contributed by atoms with van der Waals surface area (Å²) < 4.78 is 0.614. The van der Waals surface area contributed by atoms with Crippen molar-refractivity contribution >= 4 is 39.1 Å². The Morgan fingerprint density at radius 3 is 2.81 bits per heavy atom. The molecule has 0 saturated heterocycles. The van der Waals surface area contributed by atoms with Gasteiger partial charge in [-0.1, -0.05) is 23.8 Å². The molecule has 2 atom stereocenters. The maximum Gasteiger partial charge on any atom is 0.308 e. The second-order valence-corrected chi connectivity index (χ2v) is 7.22. The van der Waals surface area contributed by atoms with Crippen LogP contribution >= 0.6 is 27.3 Å². The monoisotopic (exact) mass is 370 g/mol. The molecule has 1 aromatic heterocycles. The lowest BCUT2D eigenvalue weighted by molar-refractivity contribution is -0.143. The molecule has 1 amide bonds. The van der Waals surface area contributed by atoms with Crippen molar-refractivity contribution in [3.05, 3.63) is 38.8 Å². The number of allylic oxidation sites excluding steroid dienone is 2. The molecule has 2 unspecified atom stereocenters. The quantitative estimate of drug-likeness (QED) is 0.853. The van der Waals surface area contributed by atoms with E-state index in [4.69, 9.17) is 0 Å². The summed E-state index contributed by atoms with van der Waals surface area (Å²) in [6, 6.07) is 0. The predicted octanol–water partition coefficient (Wildman–Crippen LogP) is 3.00. The van der Waals surface area contributed by atoms with Crippen LogP contribution in [0.1, 0.15) is 30.8 Å². The number of amides is 1. The highest BCUT2D eigenvalue weighted by Gasteiger charge is 2.41. The number of hydrogen-bond acceptors (Lipinski definition) is 4. The Morgan fingerprint density at radius 1 is 1.57 bits per heavy atom. The van der Waals surface area contributed by atoms with Crippen LogP contribution in [-0.4, -0.2) is 27.5 Å². The van der Waals surface area contributed by atoms with E-state index >= 15 is 0 Å². The molecule has 0 aromatic carbocycles. The first-order chi connectivity index (χ1) is 9.84. The number of halogens is 1. The Hall–Kier alpha value is -1.47. The van der Waals surface area contributed by atoms with Crippen molar-refractivity contribution < 1.29 is 14.7 Å². The third-order valence-electron chi connectivity index (χ3n) is 3.54. The Kier molecular flexibility index (Phi) is 4.63. The number of aliphatic carboxylic acids is 1. The van der Waals surface area contributed by atoms with Gasteiger partial charge in [0.2, 0.25) is 0 Å². The van der Waals surface area contributed by atoms with Gasteiger partial charge in [-0.2, -0.15) is 0 Å². The Morgan fingerprint density at radius 2 is 2.29 bits per heavy atom. The van der Waals surface area contributed by atoms with E-state index in [1.54, 1.807) is 24.5 Å². The van der Waals surface area contributed by atoms with E-state index in [0.717, 1.165) is 5.57 Å². The molecule has 1 aromatic rings. The molecular formula is C14H15BrN2O3S. The number of thiazole rings is 1. The highest BCUT2D eigenvalue weighted by atomic mass is 79.9. The van der Waals surface area contributed by atoms with Crippen LogP contribution in [0.4, 0.5) is 0 Å². The number of nitrogens with zero attached hydrogens (tertiary/aromatic N) is 1. The fourth-order valence-electron chi connectivity index (χ4n) is 2.31. The van der Waals surface area contributed by atoms with Crippen LogP contribution in [0, 0.1) is 5.92 Å². The smallest absolute Gasteiger partial charge is 0.308 e. The van der Waals surface area contributed by atoms with Gasteiger partial charge < -0.3 is 10.4 Å². The predicted molar refractivity (Wildman–Crippen MR) is 84.3 cm³/mol. The lowest BCUT2D eigenvalue weighted by atomic mass is 9.77. The van der Waals surface area contributed by atoms with Gasteiger partial charge in [-0.25, -0.2) is 4.98 Å². The first kappa shape index (κ1) is 15.9. The average Bonchev–Trinajstić information content (AvgIpc) is 2.84. The lowest BCUT2D eigenvalue weighted by Crippen LogP contribution is -2.54. The lowest BCUT2D eigenvalue weighted by Gasteiger charge is -2.37. The molecule has 0 aliphatic heterocycles. The van der Waals surface area contributed by atoms with Crippen molar-refractivity contribution in [3.63, 3.8) is 0 Å². The maximum absolute atomic E-state index is 12.3. The number of nitrogens with one attached hydrogen (secondary N) is 1. The number of hydrogen-bond donors (Lipinski definition) is 2. The molecular weight excluding hydrogens is 356 g/mol. The second-order valence-electron chi connectivity index (χ2n) is 5.09. The van der Waals surface area contributed by atoms with E-state index in [9.17, 15) is 14.7 Å². The zero-order valence-electron chi connectivity index (χ0n) is 11.6. The van der Waals surface area contributed by atoms with Gasteiger partial charge in [0, 0.05) is 5.38 Å². The SMILES string of the molecule is CC1=CC=CC(NC(=O)c2csc(Br)n2)(C(C)C(=O)O)C1. The van der Waals surface area contributed by atoms with Crippen molar-refractivity contribution in [1.82, 2.24) is 10.3 Å². The zero-order chi connectivity index (χ0) is 15.6. The Balaban J connectivity index is 2.29. The van der Waals surface area contributed by atoms with Crippen LogP contribution in [-0.2, 0) is 4.79 Å². The molecule has 0 saturated carbocycles. The number of carbonyl (C=O) groups excluding carboxylic acids is 1. The number of carboxylic acid groups (broad SMARTS) is 1. The molecule has 2 rings (SSSR count). The van der Waals surface area contributed by atoms with Gasteiger partial charge in [0.25, 0.3) is 5.91 Å². The maximum atomic E-state index is 12.3. The molecule has 1 heterocycles. The molecule has 5 nitrogen and oxygen atoms in total. The summed E-state index contributed by atoms with van der Waals surface area (Å²) in [5, 5.41) is 13.8. The van der Waals surface area contributed by atoms with E-state index in [1.807, 2.05) is 13.0 Å². The number of carbonyl (C=O) groups is 2. The van der Waals surface area contributed by atoms with Gasteiger partial charge in [-0.05, 0) is 36.2 Å². The van der Waals surface area contributed by atoms with Gasteiger partial charge in [0.15, 0.2) is 3.92 Å². The van der Waals surface area contributed by atoms with Gasteiger partial charge in [0.05, 0.1) is 11.5 Å². The van der Waals surface area contributed by atoms with Crippen LogP contribution < -0.4 is 5.32 Å². The van der Waals surface area contributed by atoms with E-state index in [-0.39, 0.29) is 11.6 Å². The summed E-state index contributed by atoms with van der Waals surface area (Å²) in [5.74, 6) is -2.07. The molecule has 0 spiro atoms. The van der Waals surface area contributed by atoms with Crippen LogP contribution in [0.5, 0.6) is 0 Å². The van der Waals surface area contributed by atoms with E-state index < -0.39 is 17.4 Å². The number of aromatic nitrogens is 1. The second kappa shape index (κ2) is 6.11. The molecule has 7 heteroatoms. The summed E-state index contributed by atoms with van der Waals surface area (Å²) in [4.78, 5) is 27.8. The van der Waals surface area contributed by atoms with Crippen LogP contribution in [0.25, 0.3) is 0 Å². The van der Waals surface area contributed by atoms with E-state index in [2.05, 4.69) is 26.2 Å². The summed E-state index contributed by atoms with van der Waals surface area (Å²) in [6.45, 7) is 3.51. The minimum absolute atomic E-state index is 0.282. The normalized spacial score (nSPS) is 22.5. The van der Waals surface area contributed by atoms with Crippen molar-refractivity contribution in [2.24, 2.45) is 5.92 Å². The van der Waals surface area contributed by atoms with Gasteiger partial charge in [0.1, 0.15) is 5.69 Å². The highest BCUT2D eigenvalue weighted by molar-refractivity contribution is 9.11. The van der Waals surface area contributed by atoms with E-state index in [0.29, 0.717) is 10.3 Å². The molecule has 0 fully saturated rings.